The van der Waals surface area contributed by atoms with Crippen molar-refractivity contribution in [3.8, 4) is 11.5 Å². The molecular weight excluding hydrogens is 254 g/mol. The molecule has 106 valence electrons. The molecule has 0 bridgehead atoms. The van der Waals surface area contributed by atoms with Crippen molar-refractivity contribution in [3.63, 3.8) is 0 Å². The molecular formula is C15H19N3O2. The third-order valence-electron chi connectivity index (χ3n) is 3.58. The molecule has 1 atom stereocenters. The third kappa shape index (κ3) is 2.77. The van der Waals surface area contributed by atoms with E-state index in [0.29, 0.717) is 12.6 Å². The molecule has 0 fully saturated rings. The van der Waals surface area contributed by atoms with Crippen LogP contribution in [-0.2, 0) is 12.8 Å². The van der Waals surface area contributed by atoms with Crippen LogP contribution in [0.15, 0.2) is 30.6 Å². The van der Waals surface area contributed by atoms with E-state index < -0.39 is 0 Å². The maximum absolute atomic E-state index is 5.84. The van der Waals surface area contributed by atoms with Gasteiger partial charge in [-0.1, -0.05) is 12.1 Å². The average Bonchev–Trinajstić information content (AvgIpc) is 2.99. The number of methoxy groups -OCH3 is 1. The molecule has 0 amide bonds. The van der Waals surface area contributed by atoms with Crippen LogP contribution in [0.4, 0.5) is 0 Å². The Morgan fingerprint density at radius 3 is 3.25 bits per heavy atom. The number of nitrogens with zero attached hydrogens (tertiary/aromatic N) is 1. The van der Waals surface area contributed by atoms with Gasteiger partial charge >= 0.3 is 0 Å². The van der Waals surface area contributed by atoms with Crippen LogP contribution < -0.4 is 14.8 Å². The van der Waals surface area contributed by atoms with Crippen LogP contribution >= 0.6 is 0 Å². The normalized spacial score (nSPS) is 17.4. The number of para-hydroxylation sites is 1. The molecule has 20 heavy (non-hydrogen) atoms. The highest BCUT2D eigenvalue weighted by Gasteiger charge is 2.21. The topological polar surface area (TPSA) is 59.2 Å². The zero-order chi connectivity index (χ0) is 13.8. The monoisotopic (exact) mass is 273 g/mol. The van der Waals surface area contributed by atoms with Gasteiger partial charge in [-0.2, -0.15) is 5.10 Å². The second kappa shape index (κ2) is 5.96. The van der Waals surface area contributed by atoms with Gasteiger partial charge < -0.3 is 14.8 Å². The van der Waals surface area contributed by atoms with E-state index in [1.807, 2.05) is 24.5 Å². The molecule has 1 unspecified atom stereocenters. The Kier molecular flexibility index (Phi) is 3.87. The number of ether oxygens (including phenoxy) is 2. The molecule has 0 saturated carbocycles. The van der Waals surface area contributed by atoms with Gasteiger partial charge in [-0.25, -0.2) is 0 Å². The lowest BCUT2D eigenvalue weighted by Crippen LogP contribution is -2.40. The fourth-order valence-electron chi connectivity index (χ4n) is 2.52. The molecule has 5 nitrogen and oxygen atoms in total. The molecule has 2 aromatic rings. The summed E-state index contributed by atoms with van der Waals surface area (Å²) < 4.78 is 11.2. The van der Waals surface area contributed by atoms with E-state index in [1.54, 1.807) is 7.11 Å². The largest absolute Gasteiger partial charge is 0.493 e. The Labute approximate surface area is 118 Å². The molecule has 1 aliphatic rings. The summed E-state index contributed by atoms with van der Waals surface area (Å²) in [4.78, 5) is 0. The first-order chi connectivity index (χ1) is 9.86. The minimum absolute atomic E-state index is 0.349. The molecule has 2 N–H and O–H groups in total. The number of nitrogens with one attached hydrogen (secondary N) is 2. The van der Waals surface area contributed by atoms with Gasteiger partial charge in [0.15, 0.2) is 11.5 Å². The summed E-state index contributed by atoms with van der Waals surface area (Å²) in [5.41, 5.74) is 2.42. The summed E-state index contributed by atoms with van der Waals surface area (Å²) in [7, 11) is 1.67. The number of fused-ring (bicyclic) bond motifs is 1. The van der Waals surface area contributed by atoms with Gasteiger partial charge in [0.2, 0.25) is 0 Å². The highest BCUT2D eigenvalue weighted by Crippen LogP contribution is 2.34. The zero-order valence-electron chi connectivity index (χ0n) is 11.6. The smallest absolute Gasteiger partial charge is 0.164 e. The lowest BCUT2D eigenvalue weighted by Gasteiger charge is -2.27. The first-order valence-corrected chi connectivity index (χ1v) is 6.86. The van der Waals surface area contributed by atoms with Crippen molar-refractivity contribution >= 4 is 0 Å². The lowest BCUT2D eigenvalue weighted by molar-refractivity contribution is 0.228. The number of H-pyrrole nitrogens is 1. The van der Waals surface area contributed by atoms with E-state index in [-0.39, 0.29) is 0 Å². The molecule has 1 aliphatic heterocycles. The van der Waals surface area contributed by atoms with Gasteiger partial charge in [0.05, 0.1) is 13.3 Å². The van der Waals surface area contributed by atoms with E-state index in [4.69, 9.17) is 9.47 Å². The van der Waals surface area contributed by atoms with Crippen molar-refractivity contribution < 1.29 is 9.47 Å². The van der Waals surface area contributed by atoms with Crippen LogP contribution in [0.2, 0.25) is 0 Å². The standard InChI is InChI=1S/C15H19N3O2/c1-19-14-4-2-3-12-7-13(10-20-15(12)14)16-6-5-11-8-17-18-9-11/h2-4,8-9,13,16H,5-7,10H2,1H3,(H,17,18). The minimum Gasteiger partial charge on any atom is -0.493 e. The van der Waals surface area contributed by atoms with Crippen molar-refractivity contribution in [2.75, 3.05) is 20.3 Å². The lowest BCUT2D eigenvalue weighted by atomic mass is 10.0. The van der Waals surface area contributed by atoms with E-state index >= 15 is 0 Å². The first kappa shape index (κ1) is 13.0. The fraction of sp³-hybridized carbons (Fsp3) is 0.400. The summed E-state index contributed by atoms with van der Waals surface area (Å²) >= 11 is 0. The number of hydrogen-bond donors (Lipinski definition) is 2. The van der Waals surface area contributed by atoms with Gasteiger partial charge in [-0.05, 0) is 36.6 Å². The average molecular weight is 273 g/mol. The fourth-order valence-corrected chi connectivity index (χ4v) is 2.52. The summed E-state index contributed by atoms with van der Waals surface area (Å²) in [6.07, 6.45) is 5.73. The van der Waals surface area contributed by atoms with E-state index in [1.165, 1.54) is 11.1 Å². The molecule has 0 aliphatic carbocycles. The summed E-state index contributed by atoms with van der Waals surface area (Å²) in [5.74, 6) is 1.71. The molecule has 1 aromatic carbocycles. The minimum atomic E-state index is 0.349. The predicted octanol–water partition coefficient (Wildman–Crippen LogP) is 1.55. The van der Waals surface area contributed by atoms with Crippen LogP contribution in [0.5, 0.6) is 11.5 Å². The maximum atomic E-state index is 5.84. The van der Waals surface area contributed by atoms with E-state index in [0.717, 1.165) is 30.9 Å². The quantitative estimate of drug-likeness (QED) is 0.868. The summed E-state index contributed by atoms with van der Waals surface area (Å²) in [6.45, 7) is 1.60. The number of aromatic nitrogens is 2. The van der Waals surface area contributed by atoms with Crippen molar-refractivity contribution in [1.82, 2.24) is 15.5 Å². The second-order valence-electron chi connectivity index (χ2n) is 4.97. The SMILES string of the molecule is COc1cccc2c1OCC(NCCc1cn[nH]c1)C2. The van der Waals surface area contributed by atoms with Gasteiger partial charge in [-0.3, -0.25) is 5.10 Å². The van der Waals surface area contributed by atoms with Crippen LogP contribution in [0.1, 0.15) is 11.1 Å². The second-order valence-corrected chi connectivity index (χ2v) is 4.97. The summed E-state index contributed by atoms with van der Waals surface area (Å²) in [5, 5.41) is 10.3. The number of aromatic amines is 1. The van der Waals surface area contributed by atoms with Crippen LogP contribution in [0, 0.1) is 0 Å². The van der Waals surface area contributed by atoms with Gasteiger partial charge in [0, 0.05) is 12.2 Å². The first-order valence-electron chi connectivity index (χ1n) is 6.86. The van der Waals surface area contributed by atoms with Crippen molar-refractivity contribution in [1.29, 1.82) is 0 Å². The van der Waals surface area contributed by atoms with Gasteiger partial charge in [0.25, 0.3) is 0 Å². The molecule has 0 saturated heterocycles. The molecule has 0 spiro atoms. The van der Waals surface area contributed by atoms with Crippen LogP contribution in [-0.4, -0.2) is 36.5 Å². The molecule has 1 aromatic heterocycles. The van der Waals surface area contributed by atoms with E-state index in [2.05, 4.69) is 21.6 Å². The predicted molar refractivity (Wildman–Crippen MR) is 76.3 cm³/mol. The third-order valence-corrected chi connectivity index (χ3v) is 3.58. The number of rotatable bonds is 5. The number of hydrogen-bond acceptors (Lipinski definition) is 4. The molecule has 2 heterocycles. The zero-order valence-corrected chi connectivity index (χ0v) is 11.6. The van der Waals surface area contributed by atoms with Crippen LogP contribution in [0.25, 0.3) is 0 Å². The molecule has 3 rings (SSSR count). The Morgan fingerprint density at radius 2 is 2.45 bits per heavy atom. The molecule has 5 heteroatoms. The van der Waals surface area contributed by atoms with Crippen molar-refractivity contribution in [2.45, 2.75) is 18.9 Å². The Morgan fingerprint density at radius 1 is 1.50 bits per heavy atom. The van der Waals surface area contributed by atoms with E-state index in [9.17, 15) is 0 Å². The Balaban J connectivity index is 1.56. The van der Waals surface area contributed by atoms with Gasteiger partial charge in [-0.15, -0.1) is 0 Å². The highest BCUT2D eigenvalue weighted by molar-refractivity contribution is 5.48. The summed E-state index contributed by atoms with van der Waals surface area (Å²) in [6, 6.07) is 6.39. The highest BCUT2D eigenvalue weighted by atomic mass is 16.5. The maximum Gasteiger partial charge on any atom is 0.164 e. The Bertz CT molecular complexity index is 554. The van der Waals surface area contributed by atoms with Crippen LogP contribution in [0.3, 0.4) is 0 Å². The molecule has 0 radical (unpaired) electrons. The number of benzene rings is 1. The Hall–Kier alpha value is -2.01. The van der Waals surface area contributed by atoms with Crippen molar-refractivity contribution in [3.05, 3.63) is 41.7 Å². The van der Waals surface area contributed by atoms with Crippen molar-refractivity contribution in [2.24, 2.45) is 0 Å². The van der Waals surface area contributed by atoms with Gasteiger partial charge in [0.1, 0.15) is 6.61 Å².